The number of benzene rings is 1. The Morgan fingerprint density at radius 3 is 2.73 bits per heavy atom. The van der Waals surface area contributed by atoms with Gasteiger partial charge in [0.15, 0.2) is 0 Å². The van der Waals surface area contributed by atoms with Crippen molar-refractivity contribution in [1.29, 1.82) is 0 Å². The van der Waals surface area contributed by atoms with E-state index in [0.717, 1.165) is 43.1 Å². The zero-order valence-corrected chi connectivity index (χ0v) is 14.5. The van der Waals surface area contributed by atoms with Crippen LogP contribution in [0.3, 0.4) is 0 Å². The molecule has 1 fully saturated rings. The quantitative estimate of drug-likeness (QED) is 0.769. The highest BCUT2D eigenvalue weighted by molar-refractivity contribution is 7.99. The second-order valence-electron chi connectivity index (χ2n) is 5.29. The molecule has 1 unspecified atom stereocenters. The first kappa shape index (κ1) is 19.3. The van der Waals surface area contributed by atoms with Crippen molar-refractivity contribution in [3.05, 3.63) is 30.1 Å². The smallest absolute Gasteiger partial charge is 0.223 e. The van der Waals surface area contributed by atoms with E-state index < -0.39 is 0 Å². The number of hydrogen-bond donors (Lipinski definition) is 1. The molecule has 1 aromatic rings. The highest BCUT2D eigenvalue weighted by Gasteiger charge is 2.25. The third-order valence-electron chi connectivity index (χ3n) is 3.66. The Labute approximate surface area is 142 Å². The number of rotatable bonds is 7. The van der Waals surface area contributed by atoms with Gasteiger partial charge in [-0.2, -0.15) is 0 Å². The van der Waals surface area contributed by atoms with Crippen LogP contribution < -0.4 is 5.32 Å². The minimum atomic E-state index is -0.224. The van der Waals surface area contributed by atoms with Gasteiger partial charge in [0.25, 0.3) is 0 Å². The third-order valence-corrected chi connectivity index (χ3v) is 4.67. The number of amides is 1. The summed E-state index contributed by atoms with van der Waals surface area (Å²) in [4.78, 5) is 15.4. The molecule has 0 radical (unpaired) electrons. The molecule has 1 amide bonds. The maximum absolute atomic E-state index is 12.8. The van der Waals surface area contributed by atoms with Gasteiger partial charge >= 0.3 is 0 Å². The Morgan fingerprint density at radius 2 is 2.14 bits per heavy atom. The van der Waals surface area contributed by atoms with Gasteiger partial charge in [0.05, 0.1) is 0 Å². The Morgan fingerprint density at radius 1 is 1.41 bits per heavy atom. The Balaban J connectivity index is 0.00000242. The van der Waals surface area contributed by atoms with E-state index in [2.05, 4.69) is 12.2 Å². The summed E-state index contributed by atoms with van der Waals surface area (Å²) in [5.41, 5.74) is 0. The van der Waals surface area contributed by atoms with Crippen molar-refractivity contribution in [1.82, 2.24) is 10.2 Å². The Bertz CT molecular complexity index is 452. The lowest BCUT2D eigenvalue weighted by molar-refractivity contribution is -0.132. The van der Waals surface area contributed by atoms with Crippen molar-refractivity contribution >= 4 is 30.1 Å². The number of nitrogens with one attached hydrogen (secondary N) is 1. The molecule has 0 saturated carbocycles. The van der Waals surface area contributed by atoms with Gasteiger partial charge in [-0.25, -0.2) is 4.39 Å². The molecule has 6 heteroatoms. The van der Waals surface area contributed by atoms with Crippen LogP contribution in [0.5, 0.6) is 0 Å². The van der Waals surface area contributed by atoms with E-state index in [1.54, 1.807) is 23.9 Å². The molecule has 22 heavy (non-hydrogen) atoms. The predicted octanol–water partition coefficient (Wildman–Crippen LogP) is 3.33. The lowest BCUT2D eigenvalue weighted by Gasteiger charge is -2.28. The summed E-state index contributed by atoms with van der Waals surface area (Å²) < 4.78 is 12.8. The van der Waals surface area contributed by atoms with E-state index >= 15 is 0 Å². The van der Waals surface area contributed by atoms with Crippen molar-refractivity contribution in [2.24, 2.45) is 0 Å². The van der Waals surface area contributed by atoms with E-state index in [1.165, 1.54) is 12.1 Å². The molecule has 1 aliphatic heterocycles. The summed E-state index contributed by atoms with van der Waals surface area (Å²) in [6, 6.07) is 6.79. The molecule has 1 N–H and O–H groups in total. The monoisotopic (exact) mass is 346 g/mol. The van der Waals surface area contributed by atoms with E-state index in [4.69, 9.17) is 0 Å². The normalized spacial score (nSPS) is 17.1. The van der Waals surface area contributed by atoms with E-state index in [1.807, 2.05) is 4.90 Å². The van der Waals surface area contributed by atoms with Gasteiger partial charge in [-0.1, -0.05) is 6.92 Å². The number of halogens is 2. The van der Waals surface area contributed by atoms with E-state index in [0.29, 0.717) is 12.5 Å². The number of nitrogens with zero attached hydrogens (tertiary/aromatic N) is 1. The Kier molecular flexibility index (Phi) is 8.83. The standard InChI is InChI=1S/C16H23FN2OS.ClH/c1-2-10-19(14-7-9-18-12-14)16(20)8-11-21-15-5-3-13(17)4-6-15;/h3-6,14,18H,2,7-12H2,1H3;1H. The molecule has 124 valence electrons. The average Bonchev–Trinajstić information content (AvgIpc) is 3.00. The molecular formula is C16H24ClFN2OS. The number of hydrogen-bond acceptors (Lipinski definition) is 3. The molecule has 1 aliphatic rings. The summed E-state index contributed by atoms with van der Waals surface area (Å²) in [7, 11) is 0. The third kappa shape index (κ3) is 5.78. The zero-order valence-electron chi connectivity index (χ0n) is 12.9. The maximum Gasteiger partial charge on any atom is 0.223 e. The van der Waals surface area contributed by atoms with Crippen molar-refractivity contribution in [2.45, 2.75) is 37.1 Å². The topological polar surface area (TPSA) is 32.3 Å². The summed E-state index contributed by atoms with van der Waals surface area (Å²) >= 11 is 1.61. The Hall–Kier alpha value is -0.780. The summed E-state index contributed by atoms with van der Waals surface area (Å²) in [6.45, 7) is 4.86. The van der Waals surface area contributed by atoms with Gasteiger partial charge in [-0.05, 0) is 43.7 Å². The largest absolute Gasteiger partial charge is 0.338 e. The van der Waals surface area contributed by atoms with Crippen molar-refractivity contribution in [3.8, 4) is 0 Å². The van der Waals surface area contributed by atoms with Gasteiger partial charge in [0.1, 0.15) is 5.82 Å². The van der Waals surface area contributed by atoms with Crippen LogP contribution in [-0.4, -0.2) is 42.2 Å². The van der Waals surface area contributed by atoms with Crippen LogP contribution in [0.2, 0.25) is 0 Å². The van der Waals surface area contributed by atoms with Crippen molar-refractivity contribution < 1.29 is 9.18 Å². The zero-order chi connectivity index (χ0) is 15.1. The highest BCUT2D eigenvalue weighted by atomic mass is 35.5. The van der Waals surface area contributed by atoms with Crippen LogP contribution in [0.15, 0.2) is 29.2 Å². The summed E-state index contributed by atoms with van der Waals surface area (Å²) in [5.74, 6) is 0.753. The SMILES string of the molecule is CCCN(C(=O)CCSc1ccc(F)cc1)C1CCNC1.Cl. The van der Waals surface area contributed by atoms with Crippen LogP contribution in [-0.2, 0) is 4.79 Å². The lowest BCUT2D eigenvalue weighted by atomic mass is 10.2. The predicted molar refractivity (Wildman–Crippen MR) is 92.3 cm³/mol. The van der Waals surface area contributed by atoms with E-state index in [9.17, 15) is 9.18 Å². The molecule has 1 heterocycles. The first-order valence-electron chi connectivity index (χ1n) is 7.59. The van der Waals surface area contributed by atoms with E-state index in [-0.39, 0.29) is 24.1 Å². The first-order chi connectivity index (χ1) is 10.2. The van der Waals surface area contributed by atoms with Gasteiger partial charge < -0.3 is 10.2 Å². The lowest BCUT2D eigenvalue weighted by Crippen LogP contribution is -2.42. The second-order valence-corrected chi connectivity index (χ2v) is 6.45. The molecule has 0 aliphatic carbocycles. The number of carbonyl (C=O) groups is 1. The van der Waals surface area contributed by atoms with Crippen LogP contribution in [0.4, 0.5) is 4.39 Å². The molecule has 1 atom stereocenters. The fourth-order valence-electron chi connectivity index (χ4n) is 2.59. The molecule has 2 rings (SSSR count). The molecule has 3 nitrogen and oxygen atoms in total. The molecule has 1 saturated heterocycles. The molecule has 1 aromatic carbocycles. The molecular weight excluding hydrogens is 323 g/mol. The minimum absolute atomic E-state index is 0. The van der Waals surface area contributed by atoms with Crippen LogP contribution >= 0.6 is 24.2 Å². The maximum atomic E-state index is 12.8. The summed E-state index contributed by atoms with van der Waals surface area (Å²) in [6.07, 6.45) is 2.59. The highest BCUT2D eigenvalue weighted by Crippen LogP contribution is 2.20. The molecule has 0 aromatic heterocycles. The van der Waals surface area contributed by atoms with Gasteiger partial charge in [-0.3, -0.25) is 4.79 Å². The van der Waals surface area contributed by atoms with Crippen LogP contribution in [0, 0.1) is 5.82 Å². The fourth-order valence-corrected chi connectivity index (χ4v) is 3.43. The minimum Gasteiger partial charge on any atom is -0.338 e. The first-order valence-corrected chi connectivity index (χ1v) is 8.58. The number of carbonyl (C=O) groups excluding carboxylic acids is 1. The average molecular weight is 347 g/mol. The van der Waals surface area contributed by atoms with Gasteiger partial charge in [-0.15, -0.1) is 24.2 Å². The van der Waals surface area contributed by atoms with Crippen LogP contribution in [0.25, 0.3) is 0 Å². The van der Waals surface area contributed by atoms with Crippen molar-refractivity contribution in [3.63, 3.8) is 0 Å². The van der Waals surface area contributed by atoms with Gasteiger partial charge in [0.2, 0.25) is 5.91 Å². The second kappa shape index (κ2) is 10.1. The number of thioether (sulfide) groups is 1. The van der Waals surface area contributed by atoms with Gasteiger partial charge in [0, 0.05) is 36.2 Å². The molecule has 0 bridgehead atoms. The van der Waals surface area contributed by atoms with Crippen LogP contribution in [0.1, 0.15) is 26.2 Å². The summed E-state index contributed by atoms with van der Waals surface area (Å²) in [5, 5.41) is 3.32. The fraction of sp³-hybridized carbons (Fsp3) is 0.562. The molecule has 0 spiro atoms. The van der Waals surface area contributed by atoms with Crippen molar-refractivity contribution in [2.75, 3.05) is 25.4 Å².